The normalized spacial score (nSPS) is 11.7. The van der Waals surface area contributed by atoms with Crippen LogP contribution in [0.5, 0.6) is 5.75 Å². The standard InChI is InChI=1S/C19H23IN2O2/c1-4-22(19(23)21-17-9-7-16(20)8-10-17)14(2)13-15-5-11-18(24-3)12-6-15/h5-12,14H,4,13H2,1-3H3,(H,21,23). The molecule has 2 rings (SSSR count). The highest BCUT2D eigenvalue weighted by molar-refractivity contribution is 14.1. The van der Waals surface area contributed by atoms with E-state index >= 15 is 0 Å². The van der Waals surface area contributed by atoms with E-state index in [9.17, 15) is 4.79 Å². The summed E-state index contributed by atoms with van der Waals surface area (Å²) in [6, 6.07) is 15.8. The molecule has 128 valence electrons. The molecular formula is C19H23IN2O2. The van der Waals surface area contributed by atoms with Gasteiger partial charge in [-0.05, 0) is 84.8 Å². The van der Waals surface area contributed by atoms with Crippen molar-refractivity contribution in [3.63, 3.8) is 0 Å². The van der Waals surface area contributed by atoms with Gasteiger partial charge >= 0.3 is 6.03 Å². The summed E-state index contributed by atoms with van der Waals surface area (Å²) < 4.78 is 6.32. The number of ether oxygens (including phenoxy) is 1. The van der Waals surface area contributed by atoms with Crippen LogP contribution in [0.2, 0.25) is 0 Å². The minimum Gasteiger partial charge on any atom is -0.497 e. The molecule has 0 spiro atoms. The number of nitrogens with zero attached hydrogens (tertiary/aromatic N) is 1. The first-order valence-electron chi connectivity index (χ1n) is 7.99. The first kappa shape index (κ1) is 18.6. The molecule has 24 heavy (non-hydrogen) atoms. The second kappa shape index (κ2) is 8.92. The van der Waals surface area contributed by atoms with Gasteiger partial charge in [-0.3, -0.25) is 0 Å². The highest BCUT2D eigenvalue weighted by Gasteiger charge is 2.19. The average Bonchev–Trinajstić information content (AvgIpc) is 2.58. The number of amides is 2. The van der Waals surface area contributed by atoms with E-state index in [2.05, 4.69) is 34.8 Å². The molecule has 0 aliphatic carbocycles. The number of urea groups is 1. The molecule has 0 bridgehead atoms. The molecule has 0 radical (unpaired) electrons. The Morgan fingerprint density at radius 3 is 2.33 bits per heavy atom. The van der Waals surface area contributed by atoms with Crippen LogP contribution in [0.1, 0.15) is 19.4 Å². The first-order chi connectivity index (χ1) is 11.5. The van der Waals surface area contributed by atoms with Gasteiger partial charge in [-0.1, -0.05) is 12.1 Å². The molecule has 0 saturated heterocycles. The van der Waals surface area contributed by atoms with Crippen molar-refractivity contribution in [3.8, 4) is 5.75 Å². The number of hydrogen-bond donors (Lipinski definition) is 1. The number of carbonyl (C=O) groups excluding carboxylic acids is 1. The number of nitrogens with one attached hydrogen (secondary N) is 1. The van der Waals surface area contributed by atoms with Crippen LogP contribution in [0.4, 0.5) is 10.5 Å². The second-order valence-corrected chi connectivity index (χ2v) is 6.87. The van der Waals surface area contributed by atoms with Crippen molar-refractivity contribution in [1.82, 2.24) is 4.90 Å². The predicted octanol–water partition coefficient (Wildman–Crippen LogP) is 4.78. The monoisotopic (exact) mass is 438 g/mol. The van der Waals surface area contributed by atoms with Gasteiger partial charge < -0.3 is 15.0 Å². The molecule has 0 saturated carbocycles. The minimum absolute atomic E-state index is 0.0697. The number of anilines is 1. The smallest absolute Gasteiger partial charge is 0.322 e. The lowest BCUT2D eigenvalue weighted by Crippen LogP contribution is -2.42. The Hall–Kier alpha value is -1.76. The topological polar surface area (TPSA) is 41.6 Å². The van der Waals surface area contributed by atoms with Gasteiger partial charge in [-0.25, -0.2) is 4.79 Å². The van der Waals surface area contributed by atoms with E-state index in [4.69, 9.17) is 4.74 Å². The van der Waals surface area contributed by atoms with Crippen molar-refractivity contribution in [2.24, 2.45) is 0 Å². The molecule has 2 aromatic carbocycles. The third kappa shape index (κ3) is 5.12. The summed E-state index contributed by atoms with van der Waals surface area (Å²) in [6.45, 7) is 4.73. The van der Waals surface area contributed by atoms with Crippen LogP contribution in [0.25, 0.3) is 0 Å². The number of rotatable bonds is 6. The number of carbonyl (C=O) groups is 1. The molecule has 2 aromatic rings. The van der Waals surface area contributed by atoms with Crippen molar-refractivity contribution >= 4 is 34.3 Å². The molecule has 0 aliphatic heterocycles. The van der Waals surface area contributed by atoms with E-state index in [0.29, 0.717) is 6.54 Å². The Kier molecular flexibility index (Phi) is 6.90. The van der Waals surface area contributed by atoms with Crippen molar-refractivity contribution in [3.05, 3.63) is 57.7 Å². The molecule has 2 amide bonds. The summed E-state index contributed by atoms with van der Waals surface area (Å²) in [6.07, 6.45) is 0.804. The lowest BCUT2D eigenvalue weighted by Gasteiger charge is -2.28. The molecule has 0 aromatic heterocycles. The Bertz CT molecular complexity index is 656. The van der Waals surface area contributed by atoms with Gasteiger partial charge in [-0.2, -0.15) is 0 Å². The zero-order valence-electron chi connectivity index (χ0n) is 14.3. The summed E-state index contributed by atoms with van der Waals surface area (Å²) in [5, 5.41) is 2.97. The van der Waals surface area contributed by atoms with Crippen LogP contribution in [0, 0.1) is 3.57 Å². The Morgan fingerprint density at radius 1 is 1.17 bits per heavy atom. The van der Waals surface area contributed by atoms with Crippen LogP contribution in [-0.4, -0.2) is 30.6 Å². The maximum absolute atomic E-state index is 12.6. The Morgan fingerprint density at radius 2 is 1.79 bits per heavy atom. The van der Waals surface area contributed by atoms with E-state index in [-0.39, 0.29) is 12.1 Å². The lowest BCUT2D eigenvalue weighted by atomic mass is 10.1. The number of methoxy groups -OCH3 is 1. The molecule has 0 heterocycles. The molecule has 5 heteroatoms. The summed E-state index contributed by atoms with van der Waals surface area (Å²) in [5.41, 5.74) is 2.00. The summed E-state index contributed by atoms with van der Waals surface area (Å²) in [4.78, 5) is 14.4. The Balaban J connectivity index is 1.99. The van der Waals surface area contributed by atoms with Gasteiger partial charge in [0.25, 0.3) is 0 Å². The number of likely N-dealkylation sites (N-methyl/N-ethyl adjacent to an activating group) is 1. The molecule has 0 fully saturated rings. The zero-order chi connectivity index (χ0) is 17.5. The maximum Gasteiger partial charge on any atom is 0.322 e. The van der Waals surface area contributed by atoms with E-state index < -0.39 is 0 Å². The van der Waals surface area contributed by atoms with Crippen LogP contribution >= 0.6 is 22.6 Å². The lowest BCUT2D eigenvalue weighted by molar-refractivity contribution is 0.196. The van der Waals surface area contributed by atoms with Crippen LogP contribution in [0.15, 0.2) is 48.5 Å². The van der Waals surface area contributed by atoms with Crippen LogP contribution < -0.4 is 10.1 Å². The molecule has 1 N–H and O–H groups in total. The van der Waals surface area contributed by atoms with Gasteiger partial charge in [-0.15, -0.1) is 0 Å². The maximum atomic E-state index is 12.6. The fourth-order valence-corrected chi connectivity index (χ4v) is 2.96. The van der Waals surface area contributed by atoms with Crippen molar-refractivity contribution in [1.29, 1.82) is 0 Å². The van der Waals surface area contributed by atoms with E-state index in [1.54, 1.807) is 7.11 Å². The van der Waals surface area contributed by atoms with Crippen LogP contribution in [0.3, 0.4) is 0 Å². The fraction of sp³-hybridized carbons (Fsp3) is 0.316. The number of hydrogen-bond acceptors (Lipinski definition) is 2. The largest absolute Gasteiger partial charge is 0.497 e. The minimum atomic E-state index is -0.0697. The highest BCUT2D eigenvalue weighted by atomic mass is 127. The number of benzene rings is 2. The van der Waals surface area contributed by atoms with Crippen LogP contribution in [-0.2, 0) is 6.42 Å². The third-order valence-corrected chi connectivity index (χ3v) is 4.64. The predicted molar refractivity (Wildman–Crippen MR) is 107 cm³/mol. The van der Waals surface area contributed by atoms with Gasteiger partial charge in [0.15, 0.2) is 0 Å². The third-order valence-electron chi connectivity index (χ3n) is 3.92. The molecule has 0 aliphatic rings. The molecular weight excluding hydrogens is 415 g/mol. The quantitative estimate of drug-likeness (QED) is 0.660. The zero-order valence-corrected chi connectivity index (χ0v) is 16.4. The molecule has 4 nitrogen and oxygen atoms in total. The van der Waals surface area contributed by atoms with E-state index in [0.717, 1.165) is 21.4 Å². The van der Waals surface area contributed by atoms with Gasteiger partial charge in [0.2, 0.25) is 0 Å². The fourth-order valence-electron chi connectivity index (χ4n) is 2.60. The Labute approximate surface area is 157 Å². The SMILES string of the molecule is CCN(C(=O)Nc1ccc(I)cc1)C(C)Cc1ccc(OC)cc1. The highest BCUT2D eigenvalue weighted by Crippen LogP contribution is 2.16. The van der Waals surface area contributed by atoms with Gasteiger partial charge in [0, 0.05) is 21.8 Å². The molecule has 1 atom stereocenters. The first-order valence-corrected chi connectivity index (χ1v) is 9.07. The second-order valence-electron chi connectivity index (χ2n) is 5.62. The van der Waals surface area contributed by atoms with Gasteiger partial charge in [0.1, 0.15) is 5.75 Å². The summed E-state index contributed by atoms with van der Waals surface area (Å²) in [5.74, 6) is 0.843. The number of halogens is 1. The summed E-state index contributed by atoms with van der Waals surface area (Å²) >= 11 is 2.25. The summed E-state index contributed by atoms with van der Waals surface area (Å²) in [7, 11) is 1.66. The van der Waals surface area contributed by atoms with Crippen molar-refractivity contribution in [2.75, 3.05) is 19.0 Å². The van der Waals surface area contributed by atoms with Gasteiger partial charge in [0.05, 0.1) is 7.11 Å². The van der Waals surface area contributed by atoms with Crippen molar-refractivity contribution in [2.45, 2.75) is 26.3 Å². The van der Waals surface area contributed by atoms with E-state index in [1.807, 2.05) is 60.4 Å². The van der Waals surface area contributed by atoms with Crippen molar-refractivity contribution < 1.29 is 9.53 Å². The average molecular weight is 438 g/mol. The van der Waals surface area contributed by atoms with E-state index in [1.165, 1.54) is 5.56 Å². The molecule has 1 unspecified atom stereocenters.